The molecule has 2 aromatic rings. The van der Waals surface area contributed by atoms with Crippen molar-refractivity contribution in [3.8, 4) is 11.8 Å². The summed E-state index contributed by atoms with van der Waals surface area (Å²) in [6.45, 7) is 0.457. The van der Waals surface area contributed by atoms with Crippen LogP contribution in [0.2, 0.25) is 0 Å². The van der Waals surface area contributed by atoms with Crippen LogP contribution in [0.1, 0.15) is 11.4 Å². The number of benzene rings is 1. The normalized spacial score (nSPS) is 11.1. The lowest BCUT2D eigenvalue weighted by molar-refractivity contribution is -0.274. The summed E-state index contributed by atoms with van der Waals surface area (Å²) in [5, 5.41) is 8.80. The molecule has 0 spiro atoms. The van der Waals surface area contributed by atoms with Crippen LogP contribution in [0.5, 0.6) is 5.75 Å². The Morgan fingerprint density at radius 2 is 2.15 bits per heavy atom. The fourth-order valence-corrected chi connectivity index (χ4v) is 1.75. The minimum atomic E-state index is -4.70. The highest BCUT2D eigenvalue weighted by Crippen LogP contribution is 2.23. The molecule has 4 nitrogen and oxygen atoms in total. The van der Waals surface area contributed by atoms with Gasteiger partial charge in [-0.15, -0.1) is 13.2 Å². The summed E-state index contributed by atoms with van der Waals surface area (Å²) in [5.74, 6) is 0.0221. The van der Waals surface area contributed by atoms with Crippen molar-refractivity contribution in [3.05, 3.63) is 48.0 Å². The van der Waals surface area contributed by atoms with Crippen molar-refractivity contribution in [2.24, 2.45) is 0 Å². The van der Waals surface area contributed by atoms with Crippen LogP contribution in [0.4, 0.5) is 13.2 Å². The van der Waals surface area contributed by atoms with Gasteiger partial charge in [-0.3, -0.25) is 0 Å². The third kappa shape index (κ3) is 3.75. The second-order valence-corrected chi connectivity index (χ2v) is 4.00. The van der Waals surface area contributed by atoms with E-state index in [9.17, 15) is 13.2 Å². The van der Waals surface area contributed by atoms with E-state index in [1.54, 1.807) is 16.8 Å². The first-order valence-corrected chi connectivity index (χ1v) is 5.74. The van der Waals surface area contributed by atoms with Gasteiger partial charge in [0.2, 0.25) is 5.82 Å². The van der Waals surface area contributed by atoms with Gasteiger partial charge >= 0.3 is 6.36 Å². The zero-order chi connectivity index (χ0) is 14.6. The maximum Gasteiger partial charge on any atom is 0.573 e. The van der Waals surface area contributed by atoms with E-state index in [0.29, 0.717) is 18.5 Å². The van der Waals surface area contributed by atoms with Gasteiger partial charge < -0.3 is 9.30 Å². The number of hydrogen-bond acceptors (Lipinski definition) is 3. The van der Waals surface area contributed by atoms with Crippen LogP contribution in [0.25, 0.3) is 0 Å². The summed E-state index contributed by atoms with van der Waals surface area (Å²) in [6.07, 6.45) is -1.08. The van der Waals surface area contributed by atoms with Gasteiger partial charge in [0.1, 0.15) is 11.8 Å². The Morgan fingerprint density at radius 1 is 1.35 bits per heavy atom. The van der Waals surface area contributed by atoms with Crippen molar-refractivity contribution in [3.63, 3.8) is 0 Å². The number of imidazole rings is 1. The first-order chi connectivity index (χ1) is 9.48. The minimum absolute atomic E-state index is 0.249. The highest BCUT2D eigenvalue weighted by molar-refractivity contribution is 5.28. The van der Waals surface area contributed by atoms with Gasteiger partial charge in [0.25, 0.3) is 0 Å². The van der Waals surface area contributed by atoms with E-state index in [1.807, 2.05) is 6.07 Å². The molecule has 0 aliphatic rings. The molecule has 1 aromatic heterocycles. The fraction of sp³-hybridized carbons (Fsp3) is 0.231. The Kier molecular flexibility index (Phi) is 3.94. The predicted octanol–water partition coefficient (Wildman–Crippen LogP) is 2.90. The SMILES string of the molecule is N#Cc1nccn1CCc1cccc(OC(F)(F)F)c1. The lowest BCUT2D eigenvalue weighted by Crippen LogP contribution is -2.17. The zero-order valence-corrected chi connectivity index (χ0v) is 10.3. The summed E-state index contributed by atoms with van der Waals surface area (Å²) in [4.78, 5) is 3.84. The molecular formula is C13H10F3N3O. The first-order valence-electron chi connectivity index (χ1n) is 5.74. The number of nitriles is 1. The van der Waals surface area contributed by atoms with Gasteiger partial charge in [-0.1, -0.05) is 12.1 Å². The topological polar surface area (TPSA) is 50.8 Å². The molecule has 0 saturated carbocycles. The molecule has 0 aliphatic carbocycles. The van der Waals surface area contributed by atoms with E-state index in [0.717, 1.165) is 0 Å². The highest BCUT2D eigenvalue weighted by Gasteiger charge is 2.31. The Morgan fingerprint density at radius 3 is 2.85 bits per heavy atom. The van der Waals surface area contributed by atoms with Crippen LogP contribution < -0.4 is 4.74 Å². The molecule has 0 amide bonds. The maximum atomic E-state index is 12.1. The molecule has 0 N–H and O–H groups in total. The molecule has 20 heavy (non-hydrogen) atoms. The Bertz CT molecular complexity index is 628. The zero-order valence-electron chi connectivity index (χ0n) is 10.3. The molecule has 1 heterocycles. The lowest BCUT2D eigenvalue weighted by atomic mass is 10.1. The monoisotopic (exact) mass is 281 g/mol. The van der Waals surface area contributed by atoms with Crippen LogP contribution in [0.3, 0.4) is 0 Å². The molecule has 0 atom stereocenters. The summed E-state index contributed by atoms with van der Waals surface area (Å²) in [7, 11) is 0. The number of alkyl halides is 3. The number of hydrogen-bond donors (Lipinski definition) is 0. The van der Waals surface area contributed by atoms with Crippen LogP contribution in [0, 0.1) is 11.3 Å². The van der Waals surface area contributed by atoms with Crippen molar-refractivity contribution >= 4 is 0 Å². The molecule has 0 aliphatic heterocycles. The number of halogens is 3. The highest BCUT2D eigenvalue weighted by atomic mass is 19.4. The van der Waals surface area contributed by atoms with E-state index >= 15 is 0 Å². The lowest BCUT2D eigenvalue weighted by Gasteiger charge is -2.10. The molecule has 7 heteroatoms. The molecule has 0 unspecified atom stereocenters. The summed E-state index contributed by atoms with van der Waals surface area (Å²) in [6, 6.07) is 7.70. The first kappa shape index (κ1) is 13.9. The second kappa shape index (κ2) is 5.65. The van der Waals surface area contributed by atoms with E-state index in [4.69, 9.17) is 5.26 Å². The summed E-state index contributed by atoms with van der Waals surface area (Å²) >= 11 is 0. The minimum Gasteiger partial charge on any atom is -0.406 e. The van der Waals surface area contributed by atoms with Crippen molar-refractivity contribution in [2.45, 2.75) is 19.3 Å². The Hall–Kier alpha value is -2.49. The molecule has 0 radical (unpaired) electrons. The number of ether oxygens (including phenoxy) is 1. The van der Waals surface area contributed by atoms with Crippen molar-refractivity contribution in [1.82, 2.24) is 9.55 Å². The van der Waals surface area contributed by atoms with E-state index in [1.165, 1.54) is 24.4 Å². The van der Waals surface area contributed by atoms with Crippen LogP contribution in [0.15, 0.2) is 36.7 Å². The van der Waals surface area contributed by atoms with E-state index < -0.39 is 6.36 Å². The Balaban J connectivity index is 2.04. The third-order valence-electron chi connectivity index (χ3n) is 2.59. The van der Waals surface area contributed by atoms with E-state index in [2.05, 4.69) is 9.72 Å². The predicted molar refractivity (Wildman–Crippen MR) is 63.8 cm³/mol. The van der Waals surface area contributed by atoms with Gasteiger partial charge in [0, 0.05) is 18.9 Å². The number of aromatic nitrogens is 2. The quantitative estimate of drug-likeness (QED) is 0.865. The second-order valence-electron chi connectivity index (χ2n) is 4.00. The largest absolute Gasteiger partial charge is 0.573 e. The molecule has 104 valence electrons. The summed E-state index contributed by atoms with van der Waals surface area (Å²) < 4.78 is 41.8. The average Bonchev–Trinajstić information content (AvgIpc) is 2.82. The van der Waals surface area contributed by atoms with Crippen LogP contribution >= 0.6 is 0 Å². The molecular weight excluding hydrogens is 271 g/mol. The maximum absolute atomic E-state index is 12.1. The van der Waals surface area contributed by atoms with Crippen LogP contribution in [-0.2, 0) is 13.0 Å². The number of aryl methyl sites for hydroxylation is 2. The fourth-order valence-electron chi connectivity index (χ4n) is 1.75. The standard InChI is InChI=1S/C13H10F3N3O/c14-13(15,16)20-11-3-1-2-10(8-11)4-6-19-7-5-18-12(19)9-17/h1-3,5,7-8H,4,6H2. The van der Waals surface area contributed by atoms with Gasteiger partial charge in [-0.25, -0.2) is 4.98 Å². The van der Waals surface area contributed by atoms with Gasteiger partial charge in [-0.2, -0.15) is 5.26 Å². The van der Waals surface area contributed by atoms with Crippen molar-refractivity contribution in [1.29, 1.82) is 5.26 Å². The molecule has 0 saturated heterocycles. The van der Waals surface area contributed by atoms with Gasteiger partial charge in [-0.05, 0) is 24.1 Å². The Labute approximate surface area is 113 Å². The third-order valence-corrected chi connectivity index (χ3v) is 2.59. The average molecular weight is 281 g/mol. The van der Waals surface area contributed by atoms with Gasteiger partial charge in [0.15, 0.2) is 0 Å². The summed E-state index contributed by atoms with van der Waals surface area (Å²) in [5.41, 5.74) is 0.685. The molecule has 1 aromatic carbocycles. The van der Waals surface area contributed by atoms with Gasteiger partial charge in [0.05, 0.1) is 0 Å². The molecule has 2 rings (SSSR count). The smallest absolute Gasteiger partial charge is 0.406 e. The molecule has 0 bridgehead atoms. The van der Waals surface area contributed by atoms with Crippen LogP contribution in [-0.4, -0.2) is 15.9 Å². The number of rotatable bonds is 4. The van der Waals surface area contributed by atoms with Crippen molar-refractivity contribution < 1.29 is 17.9 Å². The number of nitrogens with zero attached hydrogens (tertiary/aromatic N) is 3. The molecule has 0 fully saturated rings. The van der Waals surface area contributed by atoms with Crippen molar-refractivity contribution in [2.75, 3.05) is 0 Å². The van der Waals surface area contributed by atoms with E-state index in [-0.39, 0.29) is 11.6 Å².